The minimum atomic E-state index is -0.257. The summed E-state index contributed by atoms with van der Waals surface area (Å²) in [6.45, 7) is 13.0. The molecule has 2 heterocycles. The summed E-state index contributed by atoms with van der Waals surface area (Å²) in [6, 6.07) is 2.02. The van der Waals surface area contributed by atoms with Crippen LogP contribution in [0.3, 0.4) is 0 Å². The summed E-state index contributed by atoms with van der Waals surface area (Å²) in [6.07, 6.45) is 0.760. The molecule has 2 rings (SSSR count). The van der Waals surface area contributed by atoms with Crippen molar-refractivity contribution in [1.29, 1.82) is 0 Å². The van der Waals surface area contributed by atoms with Gasteiger partial charge in [-0.25, -0.2) is 9.97 Å². The Bertz CT molecular complexity index is 482. The summed E-state index contributed by atoms with van der Waals surface area (Å²) < 4.78 is 0. The van der Waals surface area contributed by atoms with Gasteiger partial charge < -0.3 is 15.3 Å². The standard InChI is InChI=1S/C16H28N4O/c1-6-17-13-9-14(19-15(18-13)16(3,4)5)20-8-7-12(10-20)11(2)21/h9,11-12,21H,6-8,10H2,1-5H3,(H,17,18,19). The van der Waals surface area contributed by atoms with Crippen molar-refractivity contribution in [2.45, 2.75) is 52.6 Å². The Hall–Kier alpha value is -1.36. The highest BCUT2D eigenvalue weighted by Crippen LogP contribution is 2.28. The molecule has 1 saturated heterocycles. The largest absolute Gasteiger partial charge is 0.393 e. The fraction of sp³-hybridized carbons (Fsp3) is 0.750. The Morgan fingerprint density at radius 2 is 2.14 bits per heavy atom. The van der Waals surface area contributed by atoms with Gasteiger partial charge in [-0.2, -0.15) is 0 Å². The molecule has 0 aromatic carbocycles. The molecule has 1 aliphatic rings. The van der Waals surface area contributed by atoms with Crippen molar-refractivity contribution in [3.63, 3.8) is 0 Å². The molecule has 1 aromatic rings. The number of hydrogen-bond acceptors (Lipinski definition) is 5. The summed E-state index contributed by atoms with van der Waals surface area (Å²) in [5, 5.41) is 13.1. The maximum absolute atomic E-state index is 9.77. The Kier molecular flexibility index (Phi) is 4.71. The summed E-state index contributed by atoms with van der Waals surface area (Å²) in [5.74, 6) is 3.04. The van der Waals surface area contributed by atoms with Gasteiger partial charge in [-0.05, 0) is 20.3 Å². The van der Waals surface area contributed by atoms with Gasteiger partial charge in [-0.15, -0.1) is 0 Å². The van der Waals surface area contributed by atoms with Crippen molar-refractivity contribution in [3.8, 4) is 0 Å². The van der Waals surface area contributed by atoms with E-state index in [0.717, 1.165) is 43.5 Å². The molecule has 0 aliphatic carbocycles. The highest BCUT2D eigenvalue weighted by molar-refractivity contribution is 5.50. The van der Waals surface area contributed by atoms with E-state index in [1.54, 1.807) is 0 Å². The third-order valence-electron chi connectivity index (χ3n) is 3.97. The molecule has 0 amide bonds. The van der Waals surface area contributed by atoms with Crippen LogP contribution in [0.5, 0.6) is 0 Å². The minimum absolute atomic E-state index is 0.0798. The second kappa shape index (κ2) is 6.18. The lowest BCUT2D eigenvalue weighted by atomic mass is 9.96. The van der Waals surface area contributed by atoms with E-state index < -0.39 is 0 Å². The van der Waals surface area contributed by atoms with Crippen LogP contribution in [0.4, 0.5) is 11.6 Å². The van der Waals surface area contributed by atoms with Crippen LogP contribution in [0, 0.1) is 5.92 Å². The maximum atomic E-state index is 9.77. The fourth-order valence-electron chi connectivity index (χ4n) is 2.59. The quantitative estimate of drug-likeness (QED) is 0.892. The molecule has 5 nitrogen and oxygen atoms in total. The van der Waals surface area contributed by atoms with E-state index in [1.807, 2.05) is 13.0 Å². The molecule has 2 atom stereocenters. The van der Waals surface area contributed by atoms with Crippen molar-refractivity contribution in [3.05, 3.63) is 11.9 Å². The Morgan fingerprint density at radius 3 is 2.67 bits per heavy atom. The van der Waals surface area contributed by atoms with Crippen molar-refractivity contribution >= 4 is 11.6 Å². The van der Waals surface area contributed by atoms with Crippen LogP contribution in [0.2, 0.25) is 0 Å². The molecule has 0 radical (unpaired) electrons. The molecule has 21 heavy (non-hydrogen) atoms. The molecule has 1 fully saturated rings. The van der Waals surface area contributed by atoms with E-state index >= 15 is 0 Å². The second-order valence-electron chi connectivity index (χ2n) is 6.95. The zero-order valence-corrected chi connectivity index (χ0v) is 13.8. The Balaban J connectivity index is 2.28. The Morgan fingerprint density at radius 1 is 1.43 bits per heavy atom. The number of aromatic nitrogens is 2. The zero-order valence-electron chi connectivity index (χ0n) is 13.8. The van der Waals surface area contributed by atoms with E-state index in [0.29, 0.717) is 5.92 Å². The molecule has 1 aromatic heterocycles. The molecule has 118 valence electrons. The minimum Gasteiger partial charge on any atom is -0.393 e. The predicted molar refractivity (Wildman–Crippen MR) is 86.9 cm³/mol. The van der Waals surface area contributed by atoms with Crippen LogP contribution in [-0.4, -0.2) is 40.8 Å². The first-order valence-electron chi connectivity index (χ1n) is 7.87. The van der Waals surface area contributed by atoms with Gasteiger partial charge in [0.05, 0.1) is 6.10 Å². The van der Waals surface area contributed by atoms with Gasteiger partial charge in [0, 0.05) is 37.0 Å². The van der Waals surface area contributed by atoms with Crippen LogP contribution in [-0.2, 0) is 5.41 Å². The summed E-state index contributed by atoms with van der Waals surface area (Å²) in [4.78, 5) is 11.6. The van der Waals surface area contributed by atoms with Crippen molar-refractivity contribution in [1.82, 2.24) is 9.97 Å². The molecule has 2 unspecified atom stereocenters. The average molecular weight is 292 g/mol. The monoisotopic (exact) mass is 292 g/mol. The van der Waals surface area contributed by atoms with Crippen LogP contribution in [0.15, 0.2) is 6.07 Å². The van der Waals surface area contributed by atoms with Gasteiger partial charge in [0.1, 0.15) is 17.5 Å². The van der Waals surface area contributed by atoms with E-state index in [1.165, 1.54) is 0 Å². The smallest absolute Gasteiger partial charge is 0.138 e. The lowest BCUT2D eigenvalue weighted by molar-refractivity contribution is 0.136. The SMILES string of the molecule is CCNc1cc(N2CCC(C(C)O)C2)nc(C(C)(C)C)n1. The number of anilines is 2. The summed E-state index contributed by atoms with van der Waals surface area (Å²) in [5.41, 5.74) is -0.0798. The lowest BCUT2D eigenvalue weighted by Gasteiger charge is -2.23. The zero-order chi connectivity index (χ0) is 15.6. The Labute approximate surface area is 127 Å². The molecule has 2 N–H and O–H groups in total. The van der Waals surface area contributed by atoms with E-state index in [2.05, 4.69) is 42.9 Å². The molecular formula is C16H28N4O. The third kappa shape index (κ3) is 3.84. The maximum Gasteiger partial charge on any atom is 0.138 e. The molecule has 5 heteroatoms. The third-order valence-corrected chi connectivity index (χ3v) is 3.97. The topological polar surface area (TPSA) is 61.3 Å². The lowest BCUT2D eigenvalue weighted by Crippen LogP contribution is -2.26. The highest BCUT2D eigenvalue weighted by Gasteiger charge is 2.28. The number of hydrogen-bond donors (Lipinski definition) is 2. The highest BCUT2D eigenvalue weighted by atomic mass is 16.3. The van der Waals surface area contributed by atoms with Crippen molar-refractivity contribution in [2.75, 3.05) is 29.9 Å². The first kappa shape index (κ1) is 16.0. The number of rotatable bonds is 4. The first-order valence-corrected chi connectivity index (χ1v) is 7.87. The molecule has 0 spiro atoms. The first-order chi connectivity index (χ1) is 9.81. The number of aliphatic hydroxyl groups excluding tert-OH is 1. The fourth-order valence-corrected chi connectivity index (χ4v) is 2.59. The number of aliphatic hydroxyl groups is 1. The van der Waals surface area contributed by atoms with Crippen LogP contribution >= 0.6 is 0 Å². The van der Waals surface area contributed by atoms with Gasteiger partial charge in [-0.1, -0.05) is 20.8 Å². The molecule has 0 saturated carbocycles. The average Bonchev–Trinajstić information content (AvgIpc) is 2.87. The van der Waals surface area contributed by atoms with Crippen LogP contribution < -0.4 is 10.2 Å². The normalized spacial score (nSPS) is 20.7. The van der Waals surface area contributed by atoms with Crippen LogP contribution in [0.25, 0.3) is 0 Å². The van der Waals surface area contributed by atoms with Crippen LogP contribution in [0.1, 0.15) is 46.9 Å². The summed E-state index contributed by atoms with van der Waals surface area (Å²) >= 11 is 0. The predicted octanol–water partition coefficient (Wildman–Crippen LogP) is 2.41. The summed E-state index contributed by atoms with van der Waals surface area (Å²) in [7, 11) is 0. The van der Waals surface area contributed by atoms with E-state index in [4.69, 9.17) is 4.98 Å². The van der Waals surface area contributed by atoms with Gasteiger partial charge in [0.2, 0.25) is 0 Å². The van der Waals surface area contributed by atoms with Crippen molar-refractivity contribution in [2.24, 2.45) is 5.92 Å². The second-order valence-corrected chi connectivity index (χ2v) is 6.95. The molecular weight excluding hydrogens is 264 g/mol. The van der Waals surface area contributed by atoms with Gasteiger partial charge in [0.25, 0.3) is 0 Å². The van der Waals surface area contributed by atoms with Gasteiger partial charge in [-0.3, -0.25) is 0 Å². The van der Waals surface area contributed by atoms with E-state index in [9.17, 15) is 5.11 Å². The number of nitrogens with one attached hydrogen (secondary N) is 1. The molecule has 1 aliphatic heterocycles. The molecule has 0 bridgehead atoms. The number of nitrogens with zero attached hydrogens (tertiary/aromatic N) is 3. The van der Waals surface area contributed by atoms with E-state index in [-0.39, 0.29) is 11.5 Å². The van der Waals surface area contributed by atoms with Gasteiger partial charge in [0.15, 0.2) is 0 Å². The van der Waals surface area contributed by atoms with Gasteiger partial charge >= 0.3 is 0 Å². The van der Waals surface area contributed by atoms with Crippen molar-refractivity contribution < 1.29 is 5.11 Å².